The van der Waals surface area contributed by atoms with Gasteiger partial charge in [-0.2, -0.15) is 0 Å². The Morgan fingerprint density at radius 1 is 1.33 bits per heavy atom. The highest BCUT2D eigenvalue weighted by atomic mass is 16.5. The summed E-state index contributed by atoms with van der Waals surface area (Å²) in [4.78, 5) is 0. The van der Waals surface area contributed by atoms with E-state index in [9.17, 15) is 0 Å². The van der Waals surface area contributed by atoms with E-state index in [-0.39, 0.29) is 0 Å². The normalized spacial score (nSPS) is 11.3. The van der Waals surface area contributed by atoms with Crippen LogP contribution in [0.15, 0.2) is 4.52 Å². The summed E-state index contributed by atoms with van der Waals surface area (Å²) in [6, 6.07) is 0. The maximum absolute atomic E-state index is 5.12. The summed E-state index contributed by atoms with van der Waals surface area (Å²) < 4.78 is 5.12. The van der Waals surface area contributed by atoms with Crippen molar-refractivity contribution < 1.29 is 4.52 Å². The molecule has 3 nitrogen and oxygen atoms in total. The van der Waals surface area contributed by atoms with E-state index in [1.807, 2.05) is 13.8 Å². The molecule has 0 amide bonds. The van der Waals surface area contributed by atoms with E-state index >= 15 is 0 Å². The van der Waals surface area contributed by atoms with E-state index in [2.05, 4.69) is 24.3 Å². The van der Waals surface area contributed by atoms with Gasteiger partial charge in [-0.05, 0) is 45.7 Å². The van der Waals surface area contributed by atoms with Crippen LogP contribution in [-0.2, 0) is 6.42 Å². The zero-order valence-corrected chi connectivity index (χ0v) is 10.3. The lowest BCUT2D eigenvalue weighted by Crippen LogP contribution is -2.21. The molecule has 0 aliphatic heterocycles. The van der Waals surface area contributed by atoms with Crippen molar-refractivity contribution in [3.8, 4) is 0 Å². The molecule has 0 saturated carbocycles. The lowest BCUT2D eigenvalue weighted by atomic mass is 10.1. The number of aryl methyl sites for hydroxylation is 2. The molecular weight excluding hydrogens is 188 g/mol. The Kier molecular flexibility index (Phi) is 4.82. The van der Waals surface area contributed by atoms with Gasteiger partial charge < -0.3 is 9.84 Å². The van der Waals surface area contributed by atoms with Crippen LogP contribution >= 0.6 is 0 Å². The average molecular weight is 210 g/mol. The van der Waals surface area contributed by atoms with E-state index < -0.39 is 0 Å². The largest absolute Gasteiger partial charge is 0.361 e. The Hall–Kier alpha value is -0.830. The van der Waals surface area contributed by atoms with Gasteiger partial charge in [0.1, 0.15) is 5.76 Å². The molecule has 0 saturated heterocycles. The smallest absolute Gasteiger partial charge is 0.137 e. The molecule has 0 aromatic carbocycles. The van der Waals surface area contributed by atoms with Gasteiger partial charge in [0.05, 0.1) is 5.69 Å². The number of nitrogens with zero attached hydrogens (tertiary/aromatic N) is 1. The number of rotatable bonds is 6. The van der Waals surface area contributed by atoms with Gasteiger partial charge in [0.2, 0.25) is 0 Å². The Morgan fingerprint density at radius 2 is 2.07 bits per heavy atom. The summed E-state index contributed by atoms with van der Waals surface area (Å²) in [6.07, 6.45) is 2.21. The van der Waals surface area contributed by atoms with Gasteiger partial charge >= 0.3 is 0 Å². The highest BCUT2D eigenvalue weighted by molar-refractivity contribution is 5.20. The fourth-order valence-electron chi connectivity index (χ4n) is 1.64. The molecule has 0 unspecified atom stereocenters. The van der Waals surface area contributed by atoms with Crippen molar-refractivity contribution in [3.63, 3.8) is 0 Å². The van der Waals surface area contributed by atoms with Crippen LogP contribution in [-0.4, -0.2) is 18.2 Å². The van der Waals surface area contributed by atoms with Gasteiger partial charge in [-0.1, -0.05) is 19.0 Å². The van der Waals surface area contributed by atoms with Crippen LogP contribution in [0.5, 0.6) is 0 Å². The molecule has 0 aliphatic carbocycles. The van der Waals surface area contributed by atoms with Crippen molar-refractivity contribution in [2.45, 2.75) is 40.5 Å². The topological polar surface area (TPSA) is 38.1 Å². The molecule has 0 fully saturated rings. The first-order chi connectivity index (χ1) is 7.11. The second-order valence-corrected chi connectivity index (χ2v) is 4.50. The van der Waals surface area contributed by atoms with Gasteiger partial charge in [-0.25, -0.2) is 0 Å². The van der Waals surface area contributed by atoms with Crippen LogP contribution in [0.4, 0.5) is 0 Å². The number of hydrogen-bond donors (Lipinski definition) is 1. The molecule has 86 valence electrons. The minimum atomic E-state index is 0.726. The quantitative estimate of drug-likeness (QED) is 0.733. The van der Waals surface area contributed by atoms with Crippen LogP contribution in [0.2, 0.25) is 0 Å². The van der Waals surface area contributed by atoms with Crippen LogP contribution in [0.25, 0.3) is 0 Å². The molecule has 0 bridgehead atoms. The van der Waals surface area contributed by atoms with Crippen LogP contribution in [0.1, 0.15) is 37.3 Å². The molecule has 1 N–H and O–H groups in total. The number of hydrogen-bond acceptors (Lipinski definition) is 3. The van der Waals surface area contributed by atoms with Crippen molar-refractivity contribution in [1.82, 2.24) is 10.5 Å². The molecule has 0 aliphatic rings. The maximum Gasteiger partial charge on any atom is 0.137 e. The summed E-state index contributed by atoms with van der Waals surface area (Å²) in [5, 5.41) is 7.38. The number of nitrogens with one attached hydrogen (secondary N) is 1. The Morgan fingerprint density at radius 3 is 2.60 bits per heavy atom. The Bertz CT molecular complexity index is 272. The maximum atomic E-state index is 5.12. The fourth-order valence-corrected chi connectivity index (χ4v) is 1.64. The van der Waals surface area contributed by atoms with Gasteiger partial charge in [0.25, 0.3) is 0 Å². The Labute approximate surface area is 92.2 Å². The highest BCUT2D eigenvalue weighted by Gasteiger charge is 2.07. The molecule has 0 spiro atoms. The fraction of sp³-hybridized carbons (Fsp3) is 0.750. The van der Waals surface area contributed by atoms with Crippen molar-refractivity contribution >= 4 is 0 Å². The minimum Gasteiger partial charge on any atom is -0.361 e. The van der Waals surface area contributed by atoms with Gasteiger partial charge in [0.15, 0.2) is 0 Å². The lowest BCUT2D eigenvalue weighted by Gasteiger charge is -2.06. The number of aromatic nitrogens is 1. The van der Waals surface area contributed by atoms with Crippen molar-refractivity contribution in [3.05, 3.63) is 17.0 Å². The molecule has 1 rings (SSSR count). The third-order valence-corrected chi connectivity index (χ3v) is 2.51. The summed E-state index contributed by atoms with van der Waals surface area (Å²) >= 11 is 0. The van der Waals surface area contributed by atoms with Crippen LogP contribution in [0.3, 0.4) is 0 Å². The molecular formula is C12H22N2O. The Balaban J connectivity index is 2.20. The van der Waals surface area contributed by atoms with E-state index in [4.69, 9.17) is 4.52 Å². The van der Waals surface area contributed by atoms with Crippen LogP contribution in [0, 0.1) is 19.8 Å². The minimum absolute atomic E-state index is 0.726. The monoisotopic (exact) mass is 210 g/mol. The first-order valence-corrected chi connectivity index (χ1v) is 5.73. The van der Waals surface area contributed by atoms with E-state index in [0.29, 0.717) is 0 Å². The zero-order chi connectivity index (χ0) is 11.3. The lowest BCUT2D eigenvalue weighted by molar-refractivity contribution is 0.392. The summed E-state index contributed by atoms with van der Waals surface area (Å²) in [5.74, 6) is 1.69. The second kappa shape index (κ2) is 5.91. The van der Waals surface area contributed by atoms with E-state index in [1.165, 1.54) is 5.56 Å². The van der Waals surface area contributed by atoms with Gasteiger partial charge in [-0.3, -0.25) is 0 Å². The molecule has 3 heteroatoms. The summed E-state index contributed by atoms with van der Waals surface area (Å²) in [5.41, 5.74) is 2.32. The standard InChI is InChI=1S/C12H22N2O/c1-9(2)8-13-7-5-6-12-10(3)14-15-11(12)4/h9,13H,5-8H2,1-4H3. The molecule has 1 heterocycles. The first-order valence-electron chi connectivity index (χ1n) is 5.73. The second-order valence-electron chi connectivity index (χ2n) is 4.50. The third kappa shape index (κ3) is 4.04. The summed E-state index contributed by atoms with van der Waals surface area (Å²) in [6.45, 7) is 10.6. The third-order valence-electron chi connectivity index (χ3n) is 2.51. The summed E-state index contributed by atoms with van der Waals surface area (Å²) in [7, 11) is 0. The SMILES string of the molecule is Cc1noc(C)c1CCCNCC(C)C. The van der Waals surface area contributed by atoms with E-state index in [1.54, 1.807) is 0 Å². The average Bonchev–Trinajstić information content (AvgIpc) is 2.47. The van der Waals surface area contributed by atoms with Crippen molar-refractivity contribution in [1.29, 1.82) is 0 Å². The molecule has 0 atom stereocenters. The predicted octanol–water partition coefficient (Wildman–Crippen LogP) is 2.47. The van der Waals surface area contributed by atoms with E-state index in [0.717, 1.165) is 43.3 Å². The molecule has 1 aromatic rings. The molecule has 1 aromatic heterocycles. The predicted molar refractivity (Wildman–Crippen MR) is 62.0 cm³/mol. The van der Waals surface area contributed by atoms with Gasteiger partial charge in [0, 0.05) is 5.56 Å². The van der Waals surface area contributed by atoms with Gasteiger partial charge in [-0.15, -0.1) is 0 Å². The molecule has 0 radical (unpaired) electrons. The first kappa shape index (κ1) is 12.2. The molecule has 15 heavy (non-hydrogen) atoms. The highest BCUT2D eigenvalue weighted by Crippen LogP contribution is 2.13. The van der Waals surface area contributed by atoms with Crippen molar-refractivity contribution in [2.75, 3.05) is 13.1 Å². The van der Waals surface area contributed by atoms with Crippen molar-refractivity contribution in [2.24, 2.45) is 5.92 Å². The zero-order valence-electron chi connectivity index (χ0n) is 10.3. The van der Waals surface area contributed by atoms with Crippen LogP contribution < -0.4 is 5.32 Å².